The summed E-state index contributed by atoms with van der Waals surface area (Å²) in [5, 5.41) is 5.73. The number of benzene rings is 4. The summed E-state index contributed by atoms with van der Waals surface area (Å²) in [5.74, 6) is -0.494. The summed E-state index contributed by atoms with van der Waals surface area (Å²) in [5.41, 5.74) is 5.17. The van der Waals surface area contributed by atoms with Crippen LogP contribution in [-0.4, -0.2) is 10.9 Å². The summed E-state index contributed by atoms with van der Waals surface area (Å²) in [6, 6.07) is 40.4. The summed E-state index contributed by atoms with van der Waals surface area (Å²) >= 11 is 1.46. The van der Waals surface area contributed by atoms with Crippen LogP contribution in [0, 0.1) is 0 Å². The molecule has 3 nitrogen and oxygen atoms in total. The van der Waals surface area contributed by atoms with Crippen LogP contribution in [-0.2, 0) is 4.79 Å². The highest BCUT2D eigenvalue weighted by Crippen LogP contribution is 2.34. The van der Waals surface area contributed by atoms with Gasteiger partial charge in [-0.2, -0.15) is 0 Å². The fourth-order valence-electron chi connectivity index (χ4n) is 4.26. The van der Waals surface area contributed by atoms with Gasteiger partial charge >= 0.3 is 0 Å². The molecule has 0 aliphatic rings. The van der Waals surface area contributed by atoms with Crippen molar-refractivity contribution in [2.75, 3.05) is 5.32 Å². The zero-order valence-corrected chi connectivity index (χ0v) is 19.4. The normalized spacial score (nSPS) is 11.0. The Morgan fingerprint density at radius 1 is 0.618 bits per heavy atom. The molecule has 0 unspecified atom stereocenters. The smallest absolute Gasteiger partial charge is 0.238 e. The van der Waals surface area contributed by atoms with E-state index in [0.29, 0.717) is 5.13 Å². The molecule has 1 aromatic heterocycles. The van der Waals surface area contributed by atoms with Gasteiger partial charge < -0.3 is 5.32 Å². The largest absolute Gasteiger partial charge is 0.301 e. The van der Waals surface area contributed by atoms with Gasteiger partial charge in [0, 0.05) is 5.38 Å². The molecule has 4 heteroatoms. The van der Waals surface area contributed by atoms with Gasteiger partial charge in [-0.05, 0) is 22.3 Å². The molecule has 0 radical (unpaired) electrons. The van der Waals surface area contributed by atoms with E-state index in [2.05, 4.69) is 29.6 Å². The number of hydrogen-bond donors (Lipinski definition) is 1. The first-order valence-electron chi connectivity index (χ1n) is 11.3. The second-order valence-electron chi connectivity index (χ2n) is 8.08. The van der Waals surface area contributed by atoms with E-state index in [1.54, 1.807) is 0 Å². The van der Waals surface area contributed by atoms with Gasteiger partial charge in [-0.3, -0.25) is 4.79 Å². The van der Waals surface area contributed by atoms with Crippen molar-refractivity contribution in [1.29, 1.82) is 0 Å². The summed E-state index contributed by atoms with van der Waals surface area (Å²) in [7, 11) is 0. The van der Waals surface area contributed by atoms with Crippen molar-refractivity contribution in [3.8, 4) is 0 Å². The minimum absolute atomic E-state index is 0.00310. The molecule has 0 atom stereocenters. The molecule has 0 fully saturated rings. The molecule has 1 amide bonds. The zero-order chi connectivity index (χ0) is 23.2. The van der Waals surface area contributed by atoms with Gasteiger partial charge in [-0.15, -0.1) is 11.3 Å². The van der Waals surface area contributed by atoms with E-state index in [1.165, 1.54) is 22.5 Å². The molecule has 166 valence electrons. The molecule has 1 N–H and O–H groups in total. The minimum Gasteiger partial charge on any atom is -0.301 e. The van der Waals surface area contributed by atoms with Gasteiger partial charge in [-0.25, -0.2) is 4.98 Å². The molecule has 0 aliphatic heterocycles. The lowest BCUT2D eigenvalue weighted by molar-refractivity contribution is -0.116. The van der Waals surface area contributed by atoms with Gasteiger partial charge in [0.25, 0.3) is 0 Å². The molecule has 1 heterocycles. The van der Waals surface area contributed by atoms with E-state index in [0.717, 1.165) is 16.8 Å². The van der Waals surface area contributed by atoms with Crippen LogP contribution in [0.3, 0.4) is 0 Å². The Morgan fingerprint density at radius 2 is 1.03 bits per heavy atom. The van der Waals surface area contributed by atoms with Crippen molar-refractivity contribution in [2.45, 2.75) is 11.8 Å². The predicted octanol–water partition coefficient (Wildman–Crippen LogP) is 7.09. The Kier molecular flexibility index (Phi) is 6.59. The maximum Gasteiger partial charge on any atom is 0.238 e. The van der Waals surface area contributed by atoms with E-state index in [-0.39, 0.29) is 11.8 Å². The quantitative estimate of drug-likeness (QED) is 0.282. The summed E-state index contributed by atoms with van der Waals surface area (Å²) in [6.07, 6.45) is 0. The van der Waals surface area contributed by atoms with E-state index in [9.17, 15) is 4.79 Å². The summed E-state index contributed by atoms with van der Waals surface area (Å²) in [4.78, 5) is 18.3. The zero-order valence-electron chi connectivity index (χ0n) is 18.5. The molecule has 0 aliphatic carbocycles. The third-order valence-corrected chi connectivity index (χ3v) is 6.62. The first kappa shape index (κ1) is 21.8. The fourth-order valence-corrected chi connectivity index (χ4v) is 5.00. The number of thiazole rings is 1. The third-order valence-electron chi connectivity index (χ3n) is 5.84. The maximum absolute atomic E-state index is 13.5. The standard InChI is InChI=1S/C30H24N2OS/c33-29(28(24-17-9-3-10-18-24)25-19-11-4-12-20-25)32-30-31-26(21-34-30)27(22-13-5-1-6-14-22)23-15-7-2-8-16-23/h1-21,27-28H,(H,31,32,33). The lowest BCUT2D eigenvalue weighted by Crippen LogP contribution is -2.22. The Balaban J connectivity index is 1.45. The van der Waals surface area contributed by atoms with Crippen LogP contribution in [0.5, 0.6) is 0 Å². The Morgan fingerprint density at radius 3 is 1.47 bits per heavy atom. The van der Waals surface area contributed by atoms with Gasteiger partial charge in [0.15, 0.2) is 5.13 Å². The van der Waals surface area contributed by atoms with E-state index >= 15 is 0 Å². The number of carbonyl (C=O) groups excluding carboxylic acids is 1. The lowest BCUT2D eigenvalue weighted by Gasteiger charge is -2.17. The third kappa shape index (κ3) is 4.82. The first-order chi connectivity index (χ1) is 16.8. The van der Waals surface area contributed by atoms with Crippen LogP contribution in [0.2, 0.25) is 0 Å². The lowest BCUT2D eigenvalue weighted by atomic mass is 9.89. The number of nitrogens with one attached hydrogen (secondary N) is 1. The molecular formula is C30H24N2OS. The summed E-state index contributed by atoms with van der Waals surface area (Å²) in [6.45, 7) is 0. The van der Waals surface area contributed by atoms with Crippen molar-refractivity contribution in [2.24, 2.45) is 0 Å². The highest BCUT2D eigenvalue weighted by atomic mass is 32.1. The van der Waals surface area contributed by atoms with Gasteiger partial charge in [0.1, 0.15) is 0 Å². The highest BCUT2D eigenvalue weighted by molar-refractivity contribution is 7.14. The van der Waals surface area contributed by atoms with Crippen molar-refractivity contribution in [1.82, 2.24) is 4.98 Å². The number of nitrogens with zero attached hydrogens (tertiary/aromatic N) is 1. The SMILES string of the molecule is O=C(Nc1nc(C(c2ccccc2)c2ccccc2)cs1)C(c1ccccc1)c1ccccc1. The van der Waals surface area contributed by atoms with Crippen molar-refractivity contribution in [3.05, 3.63) is 155 Å². The van der Waals surface area contributed by atoms with Crippen LogP contribution in [0.1, 0.15) is 39.8 Å². The van der Waals surface area contributed by atoms with Crippen molar-refractivity contribution < 1.29 is 4.79 Å². The number of anilines is 1. The monoisotopic (exact) mass is 460 g/mol. The van der Waals surface area contributed by atoms with Gasteiger partial charge in [0.05, 0.1) is 17.5 Å². The van der Waals surface area contributed by atoms with Crippen molar-refractivity contribution in [3.63, 3.8) is 0 Å². The van der Waals surface area contributed by atoms with Crippen LogP contribution in [0.15, 0.2) is 127 Å². The Hall–Kier alpha value is -4.02. The molecule has 5 rings (SSSR count). The van der Waals surface area contributed by atoms with E-state index < -0.39 is 5.92 Å². The number of rotatable bonds is 7. The summed E-state index contributed by atoms with van der Waals surface area (Å²) < 4.78 is 0. The van der Waals surface area contributed by atoms with Crippen LogP contribution in [0.25, 0.3) is 0 Å². The molecule has 34 heavy (non-hydrogen) atoms. The van der Waals surface area contributed by atoms with Gasteiger partial charge in [0.2, 0.25) is 5.91 Å². The molecule has 5 aromatic rings. The molecule has 0 saturated heterocycles. The van der Waals surface area contributed by atoms with E-state index in [4.69, 9.17) is 4.98 Å². The Bertz CT molecular complexity index is 1260. The second kappa shape index (κ2) is 10.3. The number of hydrogen-bond acceptors (Lipinski definition) is 3. The molecule has 0 bridgehead atoms. The number of amides is 1. The van der Waals surface area contributed by atoms with E-state index in [1.807, 2.05) is 102 Å². The van der Waals surface area contributed by atoms with Crippen LogP contribution < -0.4 is 5.32 Å². The van der Waals surface area contributed by atoms with Crippen LogP contribution in [0.4, 0.5) is 5.13 Å². The van der Waals surface area contributed by atoms with Crippen molar-refractivity contribution >= 4 is 22.4 Å². The average Bonchev–Trinajstić information content (AvgIpc) is 3.34. The molecule has 4 aromatic carbocycles. The average molecular weight is 461 g/mol. The molecule has 0 saturated carbocycles. The topological polar surface area (TPSA) is 42.0 Å². The number of aromatic nitrogens is 1. The second-order valence-corrected chi connectivity index (χ2v) is 8.93. The maximum atomic E-state index is 13.5. The fraction of sp³-hybridized carbons (Fsp3) is 0.0667. The molecule has 0 spiro atoms. The Labute approximate surface area is 203 Å². The predicted molar refractivity (Wildman–Crippen MR) is 139 cm³/mol. The van der Waals surface area contributed by atoms with Crippen LogP contribution >= 0.6 is 11.3 Å². The number of carbonyl (C=O) groups is 1. The molecular weight excluding hydrogens is 436 g/mol. The minimum atomic E-state index is -0.409. The highest BCUT2D eigenvalue weighted by Gasteiger charge is 2.25. The van der Waals surface area contributed by atoms with Gasteiger partial charge in [-0.1, -0.05) is 121 Å². The first-order valence-corrected chi connectivity index (χ1v) is 12.1.